The van der Waals surface area contributed by atoms with Crippen molar-refractivity contribution < 1.29 is 163 Å². The second kappa shape index (κ2) is 32.7. The van der Waals surface area contributed by atoms with E-state index in [2.05, 4.69) is 0 Å². The highest BCUT2D eigenvalue weighted by Crippen LogP contribution is 2.79. The van der Waals surface area contributed by atoms with Crippen LogP contribution in [-0.2, 0) is 4.79 Å². The molecule has 0 aromatic heterocycles. The van der Waals surface area contributed by atoms with Crippen molar-refractivity contribution in [2.75, 3.05) is 66.1 Å². The van der Waals surface area contributed by atoms with Crippen LogP contribution in [0.15, 0.2) is 0 Å². The first-order valence-electron chi connectivity index (χ1n) is 26.2. The molecule has 480 valence electrons. The van der Waals surface area contributed by atoms with Gasteiger partial charge in [0.25, 0.3) is 17.4 Å². The van der Waals surface area contributed by atoms with Gasteiger partial charge in [0, 0.05) is 5.41 Å². The second-order valence-corrected chi connectivity index (χ2v) is 21.8. The third kappa shape index (κ3) is 16.2. The lowest BCUT2D eigenvalue weighted by molar-refractivity contribution is -0.552. The average Bonchev–Trinajstić information content (AvgIpc) is 3.40. The molecular formula is C48H96O32. The minimum absolute atomic E-state index is 0.111. The summed E-state index contributed by atoms with van der Waals surface area (Å²) in [7, 11) is 0. The molecule has 32 heteroatoms. The fourth-order valence-electron chi connectivity index (χ4n) is 13.1. The number of carboxylic acids is 1. The highest BCUT2D eigenvalue weighted by molar-refractivity contribution is 5.76. The van der Waals surface area contributed by atoms with Crippen LogP contribution < -0.4 is 0 Å². The summed E-state index contributed by atoms with van der Waals surface area (Å²) in [5, 5.41) is 356. The van der Waals surface area contributed by atoms with E-state index in [-0.39, 0.29) is 12.8 Å². The van der Waals surface area contributed by atoms with E-state index in [9.17, 15) is 163 Å². The topological polar surface area (TPSA) is 644 Å². The van der Waals surface area contributed by atoms with Crippen molar-refractivity contribution in [3.63, 3.8) is 0 Å². The lowest BCUT2D eigenvalue weighted by Crippen LogP contribution is -2.86. The molecule has 0 spiro atoms. The zero-order chi connectivity index (χ0) is 62.7. The van der Waals surface area contributed by atoms with Gasteiger partial charge in [-0.25, -0.2) is 4.79 Å². The van der Waals surface area contributed by atoms with Crippen molar-refractivity contribution in [3.05, 3.63) is 0 Å². The summed E-state index contributed by atoms with van der Waals surface area (Å²) < 4.78 is 0. The van der Waals surface area contributed by atoms with Gasteiger partial charge in [-0.2, -0.15) is 0 Å². The third-order valence-corrected chi connectivity index (χ3v) is 16.5. The summed E-state index contributed by atoms with van der Waals surface area (Å²) in [5.74, 6) is -32.8. The van der Waals surface area contributed by atoms with Gasteiger partial charge < -0.3 is 158 Å². The Kier molecular flexibility index (Phi) is 32.0. The van der Waals surface area contributed by atoms with Gasteiger partial charge in [0.15, 0.2) is 0 Å². The molecule has 0 aliphatic heterocycles. The maximum atomic E-state index is 13.3. The Morgan fingerprint density at radius 2 is 0.525 bits per heavy atom. The molecule has 0 aromatic carbocycles. The van der Waals surface area contributed by atoms with Crippen molar-refractivity contribution in [3.8, 4) is 0 Å². The fourth-order valence-corrected chi connectivity index (χ4v) is 13.1. The number of hydrogen-bond donors (Lipinski definition) is 31. The maximum Gasteiger partial charge on any atom is 0.370 e. The Bertz CT molecular complexity index is 1670. The molecule has 0 rings (SSSR count). The SMILES string of the molecule is CCCCCCCC(CC(O)CO)(CC(O)CO)C(CC(O)CO)(CC(O)CO)C(CC(O)CO)(CC(O)CO)C(CC(O)CO)(CC(O)CO)C(CC(O)CO)(CC(O)CO)C(O)(O)C(O)(O)C(O)(O)C(O)(O)C(O)(O)C(=O)O. The summed E-state index contributed by atoms with van der Waals surface area (Å²) in [4.78, 5) is 12.1. The first-order valence-corrected chi connectivity index (χ1v) is 26.2. The Balaban J connectivity index is 12.1. The quantitative estimate of drug-likeness (QED) is 0.0199. The van der Waals surface area contributed by atoms with Gasteiger partial charge in [0.1, 0.15) is 0 Å². The van der Waals surface area contributed by atoms with Crippen LogP contribution in [0.5, 0.6) is 0 Å². The van der Waals surface area contributed by atoms with Gasteiger partial charge in [-0.15, -0.1) is 0 Å². The van der Waals surface area contributed by atoms with E-state index in [1.807, 2.05) is 0 Å². The number of carbonyl (C=O) groups is 1. The van der Waals surface area contributed by atoms with Gasteiger partial charge in [-0.1, -0.05) is 39.0 Å². The molecule has 0 radical (unpaired) electrons. The van der Waals surface area contributed by atoms with E-state index in [1.54, 1.807) is 6.92 Å². The number of aliphatic carboxylic acids is 1. The van der Waals surface area contributed by atoms with Gasteiger partial charge in [0.2, 0.25) is 5.79 Å². The van der Waals surface area contributed by atoms with E-state index in [1.165, 1.54) is 0 Å². The molecule has 0 aliphatic rings. The van der Waals surface area contributed by atoms with E-state index >= 15 is 0 Å². The number of hydrogen-bond acceptors (Lipinski definition) is 31. The van der Waals surface area contributed by atoms with Crippen LogP contribution in [0, 0.1) is 27.1 Å². The largest absolute Gasteiger partial charge is 0.477 e. The normalized spacial score (nSPS) is 21.1. The Morgan fingerprint density at radius 3 is 0.787 bits per heavy atom. The summed E-state index contributed by atoms with van der Waals surface area (Å²) in [5.41, 5.74) is -18.0. The first kappa shape index (κ1) is 78.3. The van der Waals surface area contributed by atoms with E-state index < -0.39 is 260 Å². The highest BCUT2D eigenvalue weighted by atomic mass is 16.7. The van der Waals surface area contributed by atoms with Crippen molar-refractivity contribution >= 4 is 5.97 Å². The van der Waals surface area contributed by atoms with Crippen molar-refractivity contribution in [2.45, 2.75) is 200 Å². The zero-order valence-electron chi connectivity index (χ0n) is 44.9. The van der Waals surface area contributed by atoms with Crippen LogP contribution in [0.2, 0.25) is 0 Å². The van der Waals surface area contributed by atoms with Gasteiger partial charge in [-0.05, 0) is 92.3 Å². The molecule has 80 heavy (non-hydrogen) atoms. The van der Waals surface area contributed by atoms with Crippen LogP contribution in [0.3, 0.4) is 0 Å². The Morgan fingerprint density at radius 1 is 0.300 bits per heavy atom. The summed E-state index contributed by atoms with van der Waals surface area (Å²) in [6.45, 7) is -13.9. The van der Waals surface area contributed by atoms with Crippen molar-refractivity contribution in [1.82, 2.24) is 0 Å². The molecule has 0 saturated carbocycles. The van der Waals surface area contributed by atoms with Crippen molar-refractivity contribution in [1.29, 1.82) is 0 Å². The summed E-state index contributed by atoms with van der Waals surface area (Å²) in [6, 6.07) is 0. The minimum Gasteiger partial charge on any atom is -0.477 e. The monoisotopic (exact) mass is 1180 g/mol. The van der Waals surface area contributed by atoms with Crippen molar-refractivity contribution in [2.24, 2.45) is 27.1 Å². The lowest BCUT2D eigenvalue weighted by atomic mass is 9.29. The molecule has 0 heterocycles. The Hall–Kier alpha value is -1.73. The van der Waals surface area contributed by atoms with Gasteiger partial charge >= 0.3 is 11.8 Å². The summed E-state index contributed by atoms with van der Waals surface area (Å²) >= 11 is 0. The number of rotatable bonds is 46. The average molecular weight is 1190 g/mol. The predicted octanol–water partition coefficient (Wildman–Crippen LogP) is -11.8. The van der Waals surface area contributed by atoms with E-state index in [0.717, 1.165) is 0 Å². The number of unbranched alkanes of at least 4 members (excludes halogenated alkanes) is 4. The molecule has 0 fully saturated rings. The molecular weight excluding hydrogens is 1090 g/mol. The van der Waals surface area contributed by atoms with Crippen LogP contribution >= 0.6 is 0 Å². The summed E-state index contributed by atoms with van der Waals surface area (Å²) in [6.07, 6.45) is -41.7. The third-order valence-electron chi connectivity index (χ3n) is 16.5. The number of carboxylic acid groups (broad SMARTS) is 1. The standard InChI is InChI=1S/C48H96O32/c1-2-3-4-5-6-7-39(8-28(59)18-49,9-29(60)19-50)40(10-30(61)20-51,11-31(62)21-52)41(12-32(63)22-53,13-33(64)23-54)42(14-34(65)24-55,15-35(66)25-56)43(16-36(67)26-57,17-37(68)27-58)45(73,74)47(77,78)48(79,80)46(75,76)44(71,72)38(69)70/h28-37,49-68,71-80H,2-27H2,1H3,(H,69,70). The molecule has 0 aliphatic carbocycles. The second-order valence-electron chi connectivity index (χ2n) is 21.8. The smallest absolute Gasteiger partial charge is 0.370 e. The molecule has 32 nitrogen and oxygen atoms in total. The zero-order valence-corrected chi connectivity index (χ0v) is 44.9. The predicted molar refractivity (Wildman–Crippen MR) is 266 cm³/mol. The minimum atomic E-state index is -6.13. The highest BCUT2D eigenvalue weighted by Gasteiger charge is 2.85. The molecule has 0 aromatic rings. The molecule has 0 saturated heterocycles. The molecule has 0 bridgehead atoms. The van der Waals surface area contributed by atoms with Gasteiger partial charge in [-0.3, -0.25) is 0 Å². The fraction of sp³-hybridized carbons (Fsp3) is 0.979. The number of aliphatic hydroxyl groups is 30. The first-order chi connectivity index (χ1) is 36.8. The molecule has 0 amide bonds. The van der Waals surface area contributed by atoms with Crippen LogP contribution in [0.4, 0.5) is 0 Å². The van der Waals surface area contributed by atoms with E-state index in [4.69, 9.17) is 0 Å². The molecule has 10 atom stereocenters. The van der Waals surface area contributed by atoms with Crippen LogP contribution in [0.25, 0.3) is 0 Å². The van der Waals surface area contributed by atoms with E-state index in [0.29, 0.717) is 19.3 Å². The van der Waals surface area contributed by atoms with Crippen LogP contribution in [0.1, 0.15) is 110 Å². The van der Waals surface area contributed by atoms with Gasteiger partial charge in [0.05, 0.1) is 127 Å². The lowest BCUT2D eigenvalue weighted by Gasteiger charge is -2.75. The molecule has 31 N–H and O–H groups in total. The number of aliphatic hydroxyl groups excluding tert-OH is 20. The molecule has 10 unspecified atom stereocenters. The maximum absolute atomic E-state index is 13.3. The Labute approximate surface area is 461 Å². The van der Waals surface area contributed by atoms with Crippen LogP contribution in [-0.4, -0.2) is 320 Å².